The average molecular weight is 265 g/mol. The van der Waals surface area contributed by atoms with Crippen LogP contribution in [-0.2, 0) is 6.42 Å². The van der Waals surface area contributed by atoms with Crippen molar-refractivity contribution in [2.45, 2.75) is 39.7 Å². The third-order valence-corrected chi connectivity index (χ3v) is 3.86. The monoisotopic (exact) mass is 265 g/mol. The molecular formula is C13H19N3OS. The normalized spacial score (nSPS) is 12.8. The molecule has 0 aliphatic carbocycles. The lowest BCUT2D eigenvalue weighted by atomic mass is 10.2. The van der Waals surface area contributed by atoms with Crippen molar-refractivity contribution in [3.05, 3.63) is 22.9 Å². The Morgan fingerprint density at radius 1 is 1.33 bits per heavy atom. The van der Waals surface area contributed by atoms with Crippen LogP contribution in [0.3, 0.4) is 0 Å². The molecule has 2 heterocycles. The smallest absolute Gasteiger partial charge is 0.258 e. The maximum absolute atomic E-state index is 5.80. The van der Waals surface area contributed by atoms with Crippen molar-refractivity contribution in [2.75, 3.05) is 6.54 Å². The summed E-state index contributed by atoms with van der Waals surface area (Å²) in [5, 5.41) is 13.7. The molecule has 98 valence electrons. The summed E-state index contributed by atoms with van der Waals surface area (Å²) in [6.45, 7) is 7.22. The number of aromatic nitrogens is 2. The van der Waals surface area contributed by atoms with Crippen LogP contribution in [0.2, 0.25) is 0 Å². The van der Waals surface area contributed by atoms with Gasteiger partial charge in [0.1, 0.15) is 0 Å². The largest absolute Gasteiger partial charge is 0.418 e. The molecular weight excluding hydrogens is 246 g/mol. The fourth-order valence-corrected chi connectivity index (χ4v) is 2.84. The lowest BCUT2D eigenvalue weighted by Gasteiger charge is -2.09. The number of nitrogens with one attached hydrogen (secondary N) is 1. The van der Waals surface area contributed by atoms with E-state index in [9.17, 15) is 0 Å². The van der Waals surface area contributed by atoms with E-state index in [0.29, 0.717) is 11.8 Å². The van der Waals surface area contributed by atoms with Crippen molar-refractivity contribution in [1.82, 2.24) is 15.5 Å². The average Bonchev–Trinajstić information content (AvgIpc) is 3.03. The fraction of sp³-hybridized carbons (Fsp3) is 0.538. The molecule has 5 heteroatoms. The molecule has 0 saturated heterocycles. The van der Waals surface area contributed by atoms with Gasteiger partial charge in [-0.15, -0.1) is 21.5 Å². The van der Waals surface area contributed by atoms with Gasteiger partial charge in [0.15, 0.2) is 0 Å². The van der Waals surface area contributed by atoms with Crippen molar-refractivity contribution in [3.8, 4) is 10.8 Å². The number of nitrogens with zero attached hydrogens (tertiary/aromatic N) is 2. The molecule has 0 bridgehead atoms. The second-order valence-electron chi connectivity index (χ2n) is 4.09. The summed E-state index contributed by atoms with van der Waals surface area (Å²) in [5.41, 5.74) is 1.27. The zero-order valence-corrected chi connectivity index (χ0v) is 11.9. The maximum atomic E-state index is 5.80. The van der Waals surface area contributed by atoms with Gasteiger partial charge >= 0.3 is 0 Å². The van der Waals surface area contributed by atoms with Gasteiger partial charge in [-0.25, -0.2) is 0 Å². The van der Waals surface area contributed by atoms with Crippen LogP contribution in [0.4, 0.5) is 0 Å². The molecule has 2 aromatic rings. The second-order valence-corrected chi connectivity index (χ2v) is 5.01. The van der Waals surface area contributed by atoms with Gasteiger partial charge in [0.05, 0.1) is 10.9 Å². The van der Waals surface area contributed by atoms with Crippen LogP contribution in [0.15, 0.2) is 15.9 Å². The molecule has 0 amide bonds. The first-order valence-corrected chi connectivity index (χ1v) is 7.31. The summed E-state index contributed by atoms with van der Waals surface area (Å²) in [5.74, 6) is 1.33. The van der Waals surface area contributed by atoms with Crippen molar-refractivity contribution in [2.24, 2.45) is 0 Å². The van der Waals surface area contributed by atoms with Crippen LogP contribution >= 0.6 is 11.3 Å². The van der Waals surface area contributed by atoms with E-state index in [0.717, 1.165) is 24.3 Å². The predicted octanol–water partition coefficient (Wildman–Crippen LogP) is 3.42. The first kappa shape index (κ1) is 13.2. The molecule has 2 rings (SSSR count). The third-order valence-electron chi connectivity index (χ3n) is 2.92. The molecule has 4 nitrogen and oxygen atoms in total. The first-order valence-electron chi connectivity index (χ1n) is 6.43. The minimum Gasteiger partial charge on any atom is -0.418 e. The summed E-state index contributed by atoms with van der Waals surface area (Å²) >= 11 is 1.66. The van der Waals surface area contributed by atoms with E-state index >= 15 is 0 Å². The molecule has 0 aliphatic heterocycles. The van der Waals surface area contributed by atoms with Gasteiger partial charge in [0.25, 0.3) is 5.89 Å². The van der Waals surface area contributed by atoms with E-state index in [2.05, 4.69) is 47.7 Å². The van der Waals surface area contributed by atoms with E-state index in [1.54, 1.807) is 11.3 Å². The van der Waals surface area contributed by atoms with E-state index in [1.165, 1.54) is 5.56 Å². The number of rotatable bonds is 6. The molecule has 0 radical (unpaired) electrons. The second kappa shape index (κ2) is 6.11. The Bertz CT molecular complexity index is 492. The Hall–Kier alpha value is -1.20. The first-order chi connectivity index (χ1) is 8.80. The summed E-state index contributed by atoms with van der Waals surface area (Å²) in [4.78, 5) is 1.10. The van der Waals surface area contributed by atoms with Crippen molar-refractivity contribution in [3.63, 3.8) is 0 Å². The van der Waals surface area contributed by atoms with E-state index < -0.39 is 0 Å². The minimum absolute atomic E-state index is 0.154. The van der Waals surface area contributed by atoms with Gasteiger partial charge in [0, 0.05) is 0 Å². The third kappa shape index (κ3) is 2.62. The highest BCUT2D eigenvalue weighted by Crippen LogP contribution is 2.30. The van der Waals surface area contributed by atoms with Crippen LogP contribution in [0.1, 0.15) is 44.7 Å². The van der Waals surface area contributed by atoms with Crippen LogP contribution in [-0.4, -0.2) is 16.7 Å². The zero-order valence-electron chi connectivity index (χ0n) is 11.1. The quantitative estimate of drug-likeness (QED) is 0.869. The molecule has 1 atom stereocenters. The molecule has 0 aromatic carbocycles. The summed E-state index contributed by atoms with van der Waals surface area (Å²) in [7, 11) is 0. The molecule has 2 aromatic heterocycles. The summed E-state index contributed by atoms with van der Waals surface area (Å²) < 4.78 is 5.80. The highest BCUT2D eigenvalue weighted by atomic mass is 32.1. The Labute approximate surface area is 111 Å². The number of hydrogen-bond donors (Lipinski definition) is 1. The molecule has 1 N–H and O–H groups in total. The SMILES string of the molecule is CCNC(CC)c1nnc(-c2sccc2CC)o1. The molecule has 0 aliphatic rings. The van der Waals surface area contributed by atoms with Gasteiger partial charge in [-0.3, -0.25) is 0 Å². The van der Waals surface area contributed by atoms with Crippen LogP contribution in [0, 0.1) is 0 Å². The fourth-order valence-electron chi connectivity index (χ4n) is 1.92. The van der Waals surface area contributed by atoms with Gasteiger partial charge in [-0.1, -0.05) is 20.8 Å². The standard InChI is InChI=1S/C13H19N3OS/c1-4-9-7-8-18-11(9)13-16-15-12(17-13)10(5-2)14-6-3/h7-8,10,14H,4-6H2,1-3H3. The highest BCUT2D eigenvalue weighted by molar-refractivity contribution is 7.13. The van der Waals surface area contributed by atoms with E-state index in [1.807, 2.05) is 0 Å². The predicted molar refractivity (Wildman–Crippen MR) is 73.7 cm³/mol. The molecule has 1 unspecified atom stereocenters. The zero-order chi connectivity index (χ0) is 13.0. The highest BCUT2D eigenvalue weighted by Gasteiger charge is 2.18. The Morgan fingerprint density at radius 3 is 2.83 bits per heavy atom. The topological polar surface area (TPSA) is 51.0 Å². The van der Waals surface area contributed by atoms with Crippen molar-refractivity contribution < 1.29 is 4.42 Å². The van der Waals surface area contributed by atoms with Crippen molar-refractivity contribution in [1.29, 1.82) is 0 Å². The van der Waals surface area contributed by atoms with Gasteiger partial charge in [-0.2, -0.15) is 0 Å². The van der Waals surface area contributed by atoms with E-state index in [4.69, 9.17) is 4.42 Å². The Morgan fingerprint density at radius 2 is 2.17 bits per heavy atom. The molecule has 0 fully saturated rings. The number of thiophene rings is 1. The van der Waals surface area contributed by atoms with E-state index in [-0.39, 0.29) is 6.04 Å². The molecule has 0 spiro atoms. The van der Waals surface area contributed by atoms with Crippen molar-refractivity contribution >= 4 is 11.3 Å². The van der Waals surface area contributed by atoms with Gasteiger partial charge in [-0.05, 0) is 36.4 Å². The van der Waals surface area contributed by atoms with Gasteiger partial charge in [0.2, 0.25) is 5.89 Å². The molecule has 0 saturated carbocycles. The Balaban J connectivity index is 2.24. The van der Waals surface area contributed by atoms with Crippen LogP contribution in [0.25, 0.3) is 10.8 Å². The summed E-state index contributed by atoms with van der Waals surface area (Å²) in [6.07, 6.45) is 1.93. The van der Waals surface area contributed by atoms with Crippen LogP contribution < -0.4 is 5.32 Å². The lowest BCUT2D eigenvalue weighted by molar-refractivity contribution is 0.402. The molecule has 18 heavy (non-hydrogen) atoms. The number of hydrogen-bond acceptors (Lipinski definition) is 5. The number of aryl methyl sites for hydroxylation is 1. The van der Waals surface area contributed by atoms with Gasteiger partial charge < -0.3 is 9.73 Å². The lowest BCUT2D eigenvalue weighted by Crippen LogP contribution is -2.20. The Kier molecular flexibility index (Phi) is 4.49. The summed E-state index contributed by atoms with van der Waals surface area (Å²) in [6, 6.07) is 2.27. The van der Waals surface area contributed by atoms with Crippen LogP contribution in [0.5, 0.6) is 0 Å². The maximum Gasteiger partial charge on any atom is 0.258 e. The minimum atomic E-state index is 0.154.